The van der Waals surface area contributed by atoms with Crippen molar-refractivity contribution in [3.05, 3.63) is 47.2 Å². The second-order valence-electron chi connectivity index (χ2n) is 4.57. The third-order valence-corrected chi connectivity index (χ3v) is 3.28. The maximum atomic E-state index is 12.8. The van der Waals surface area contributed by atoms with Crippen LogP contribution >= 0.6 is 0 Å². The third-order valence-electron chi connectivity index (χ3n) is 3.28. The van der Waals surface area contributed by atoms with Crippen LogP contribution in [-0.4, -0.2) is 17.8 Å². The van der Waals surface area contributed by atoms with E-state index in [1.165, 1.54) is 12.1 Å². The molecule has 2 aliphatic rings. The topological polar surface area (TPSA) is 36.9 Å². The number of hydrazone groups is 1. The van der Waals surface area contributed by atoms with Crippen molar-refractivity contribution in [1.29, 1.82) is 0 Å². The monoisotopic (exact) mass is 283 g/mol. The minimum absolute atomic E-state index is 0.307. The van der Waals surface area contributed by atoms with Gasteiger partial charge in [0, 0.05) is 6.20 Å². The van der Waals surface area contributed by atoms with Crippen LogP contribution in [0.15, 0.2) is 35.6 Å². The molecule has 7 heteroatoms. The molecule has 0 saturated heterocycles. The lowest BCUT2D eigenvalue weighted by atomic mass is 9.96. The number of hydrogen-bond donors (Lipinski definition) is 1. The fourth-order valence-electron chi connectivity index (χ4n) is 2.29. The molecule has 106 valence electrons. The molecule has 0 aromatic heterocycles. The highest BCUT2D eigenvalue weighted by Crippen LogP contribution is 2.35. The summed E-state index contributed by atoms with van der Waals surface area (Å²) in [5.74, 6) is 0. The molecule has 0 aliphatic carbocycles. The van der Waals surface area contributed by atoms with Gasteiger partial charge in [-0.2, -0.15) is 18.3 Å². The van der Waals surface area contributed by atoms with Crippen molar-refractivity contribution in [2.24, 2.45) is 5.10 Å². The quantitative estimate of drug-likeness (QED) is 0.860. The highest BCUT2D eigenvalue weighted by atomic mass is 19.4. The van der Waals surface area contributed by atoms with Crippen LogP contribution in [0.2, 0.25) is 0 Å². The van der Waals surface area contributed by atoms with E-state index in [0.29, 0.717) is 18.8 Å². The van der Waals surface area contributed by atoms with Crippen molar-refractivity contribution < 1.29 is 17.9 Å². The first-order chi connectivity index (χ1) is 9.55. The number of ether oxygens (including phenoxy) is 1. The molecule has 0 amide bonds. The largest absolute Gasteiger partial charge is 0.416 e. The van der Waals surface area contributed by atoms with Gasteiger partial charge in [0.2, 0.25) is 0 Å². The molecule has 0 radical (unpaired) electrons. The zero-order valence-electron chi connectivity index (χ0n) is 10.4. The Labute approximate surface area is 113 Å². The summed E-state index contributed by atoms with van der Waals surface area (Å²) in [7, 11) is 0. The standard InChI is InChI=1S/C13H12F3N3O/c14-13(15,16)10-3-2-9-7-20-8-12(11(9)6-10)19-5-1-4-17-18-19/h1-6,12,18H,7-8H2. The molecule has 2 heterocycles. The average molecular weight is 283 g/mol. The first-order valence-electron chi connectivity index (χ1n) is 6.07. The molecule has 1 unspecified atom stereocenters. The van der Waals surface area contributed by atoms with Crippen molar-refractivity contribution in [2.45, 2.75) is 18.8 Å². The van der Waals surface area contributed by atoms with Gasteiger partial charge < -0.3 is 4.74 Å². The van der Waals surface area contributed by atoms with Gasteiger partial charge in [-0.1, -0.05) is 6.07 Å². The van der Waals surface area contributed by atoms with Gasteiger partial charge in [-0.05, 0) is 29.3 Å². The molecule has 0 saturated carbocycles. The summed E-state index contributed by atoms with van der Waals surface area (Å²) in [6.45, 7) is 0.631. The average Bonchev–Trinajstić information content (AvgIpc) is 2.46. The van der Waals surface area contributed by atoms with Crippen LogP contribution in [-0.2, 0) is 17.5 Å². The second-order valence-corrected chi connectivity index (χ2v) is 4.57. The molecule has 4 nitrogen and oxygen atoms in total. The van der Waals surface area contributed by atoms with Gasteiger partial charge in [-0.15, -0.1) is 0 Å². The lowest BCUT2D eigenvalue weighted by Crippen LogP contribution is -2.39. The molecule has 1 N–H and O–H groups in total. The Bertz CT molecular complexity index is 568. The maximum absolute atomic E-state index is 12.8. The van der Waals surface area contributed by atoms with E-state index in [9.17, 15) is 13.2 Å². The van der Waals surface area contributed by atoms with Crippen LogP contribution < -0.4 is 5.53 Å². The van der Waals surface area contributed by atoms with Crippen LogP contribution in [0.3, 0.4) is 0 Å². The van der Waals surface area contributed by atoms with Gasteiger partial charge in [0.05, 0.1) is 31.0 Å². The summed E-state index contributed by atoms with van der Waals surface area (Å²) >= 11 is 0. The Kier molecular flexibility index (Phi) is 3.13. The van der Waals surface area contributed by atoms with E-state index in [0.717, 1.165) is 11.6 Å². The maximum Gasteiger partial charge on any atom is 0.416 e. The lowest BCUT2D eigenvalue weighted by molar-refractivity contribution is -0.137. The smallest absolute Gasteiger partial charge is 0.374 e. The first kappa shape index (κ1) is 13.0. The van der Waals surface area contributed by atoms with Crippen molar-refractivity contribution >= 4 is 6.21 Å². The van der Waals surface area contributed by atoms with Crippen molar-refractivity contribution in [3.63, 3.8) is 0 Å². The van der Waals surface area contributed by atoms with Crippen LogP contribution in [0.5, 0.6) is 0 Å². The predicted molar refractivity (Wildman–Crippen MR) is 66.4 cm³/mol. The number of allylic oxidation sites excluding steroid dienone is 1. The Morgan fingerprint density at radius 1 is 1.35 bits per heavy atom. The van der Waals surface area contributed by atoms with Gasteiger partial charge in [-0.25, -0.2) is 5.53 Å². The molecule has 1 aromatic rings. The Balaban J connectivity index is 1.98. The molecular formula is C13H12F3N3O. The van der Waals surface area contributed by atoms with E-state index in [2.05, 4.69) is 10.6 Å². The molecular weight excluding hydrogens is 271 g/mol. The molecule has 0 bridgehead atoms. The Morgan fingerprint density at radius 2 is 2.20 bits per heavy atom. The zero-order chi connectivity index (χ0) is 14.2. The number of hydrogen-bond acceptors (Lipinski definition) is 4. The van der Waals surface area contributed by atoms with E-state index in [1.807, 2.05) is 0 Å². The summed E-state index contributed by atoms with van der Waals surface area (Å²) < 4.78 is 43.9. The second kappa shape index (κ2) is 4.82. The third kappa shape index (κ3) is 2.36. The van der Waals surface area contributed by atoms with Crippen molar-refractivity contribution in [3.8, 4) is 0 Å². The Hall–Kier alpha value is -2.02. The van der Waals surface area contributed by atoms with Gasteiger partial charge in [0.1, 0.15) is 0 Å². The first-order valence-corrected chi connectivity index (χ1v) is 6.07. The van der Waals surface area contributed by atoms with Crippen LogP contribution in [0.4, 0.5) is 13.2 Å². The van der Waals surface area contributed by atoms with Crippen LogP contribution in [0.25, 0.3) is 0 Å². The number of nitrogens with one attached hydrogen (secondary N) is 1. The summed E-state index contributed by atoms with van der Waals surface area (Å²) in [4.78, 5) is 0. The predicted octanol–water partition coefficient (Wildman–Crippen LogP) is 2.60. The van der Waals surface area contributed by atoms with E-state index < -0.39 is 11.7 Å². The normalized spacial score (nSPS) is 21.6. The number of nitrogens with zero attached hydrogens (tertiary/aromatic N) is 2. The number of fused-ring (bicyclic) bond motifs is 1. The van der Waals surface area contributed by atoms with Crippen LogP contribution in [0, 0.1) is 0 Å². The van der Waals surface area contributed by atoms with Gasteiger partial charge in [0.25, 0.3) is 0 Å². The van der Waals surface area contributed by atoms with Gasteiger partial charge in [-0.3, -0.25) is 5.01 Å². The molecule has 20 heavy (non-hydrogen) atoms. The molecule has 2 aliphatic heterocycles. The minimum atomic E-state index is -4.35. The van der Waals surface area contributed by atoms with E-state index in [-0.39, 0.29) is 6.04 Å². The zero-order valence-corrected chi connectivity index (χ0v) is 10.4. The molecule has 1 atom stereocenters. The number of halogens is 3. The molecule has 3 rings (SSSR count). The van der Waals surface area contributed by atoms with Gasteiger partial charge >= 0.3 is 6.18 Å². The van der Waals surface area contributed by atoms with E-state index in [4.69, 9.17) is 4.74 Å². The minimum Gasteiger partial charge on any atom is -0.374 e. The highest BCUT2D eigenvalue weighted by molar-refractivity contribution is 5.71. The van der Waals surface area contributed by atoms with Crippen molar-refractivity contribution in [1.82, 2.24) is 10.5 Å². The molecule has 0 fully saturated rings. The fraction of sp³-hybridized carbons (Fsp3) is 0.308. The fourth-order valence-corrected chi connectivity index (χ4v) is 2.29. The van der Waals surface area contributed by atoms with E-state index in [1.54, 1.807) is 23.5 Å². The summed E-state index contributed by atoms with van der Waals surface area (Å²) in [5, 5.41) is 5.50. The Morgan fingerprint density at radius 3 is 2.90 bits per heavy atom. The van der Waals surface area contributed by atoms with Crippen LogP contribution in [0.1, 0.15) is 22.7 Å². The lowest BCUT2D eigenvalue weighted by Gasteiger charge is -2.35. The highest BCUT2D eigenvalue weighted by Gasteiger charge is 2.33. The summed E-state index contributed by atoms with van der Waals surface area (Å²) in [6.07, 6.45) is 0.642. The van der Waals surface area contributed by atoms with Gasteiger partial charge in [0.15, 0.2) is 0 Å². The number of benzene rings is 1. The SMILES string of the molecule is FC(F)(F)c1ccc2c(c1)C(N1C=CC=NN1)COC2. The molecule has 0 spiro atoms. The number of alkyl halides is 3. The van der Waals surface area contributed by atoms with Crippen molar-refractivity contribution in [2.75, 3.05) is 6.61 Å². The molecule has 1 aromatic carbocycles. The van der Waals surface area contributed by atoms with E-state index >= 15 is 0 Å². The summed E-state index contributed by atoms with van der Waals surface area (Å²) in [5.41, 5.74) is 3.47. The number of rotatable bonds is 1. The number of hydrazine groups is 1. The summed E-state index contributed by atoms with van der Waals surface area (Å²) in [6, 6.07) is 3.41.